The quantitative estimate of drug-likeness (QED) is 0.754. The highest BCUT2D eigenvalue weighted by Gasteiger charge is 2.44. The summed E-state index contributed by atoms with van der Waals surface area (Å²) in [5.41, 5.74) is -3.87. The molecule has 0 aliphatic heterocycles. The van der Waals surface area contributed by atoms with Crippen molar-refractivity contribution in [2.45, 2.75) is 49.8 Å². The van der Waals surface area contributed by atoms with Gasteiger partial charge in [0.1, 0.15) is 0 Å². The van der Waals surface area contributed by atoms with Crippen LogP contribution in [0, 0.1) is 0 Å². The molecule has 0 spiro atoms. The highest BCUT2D eigenvalue weighted by atomic mass is 19.4. The van der Waals surface area contributed by atoms with Crippen LogP contribution in [0.1, 0.15) is 43.7 Å². The Hall–Kier alpha value is -2.09. The fourth-order valence-electron chi connectivity index (χ4n) is 3.12. The average molecular weight is 359 g/mol. The third-order valence-electron chi connectivity index (χ3n) is 4.69. The lowest BCUT2D eigenvalue weighted by molar-refractivity contribution is -0.156. The Balaban J connectivity index is 2.30. The van der Waals surface area contributed by atoms with Gasteiger partial charge in [0, 0.05) is 0 Å². The van der Waals surface area contributed by atoms with Gasteiger partial charge in [0.25, 0.3) is 0 Å². The average Bonchev–Trinajstić information content (AvgIpc) is 3.03. The largest absolute Gasteiger partial charge is 0.479 e. The molecule has 2 rings (SSSR count). The number of aliphatic carboxylic acids is 1. The standard InChI is InChI=1S/C17H20F3NO4/c1-15(25,14(23)24)10-21-13(22)16(7-2-3-8-16)11-5-4-6-12(9-11)17(18,19)20/h4-6,9,25H,2-3,7-8,10H2,1H3,(H,21,22)(H,23,24). The van der Waals surface area contributed by atoms with E-state index in [4.69, 9.17) is 5.11 Å². The van der Waals surface area contributed by atoms with Crippen LogP contribution in [0.5, 0.6) is 0 Å². The third kappa shape index (κ3) is 3.95. The number of halogens is 3. The lowest BCUT2D eigenvalue weighted by atomic mass is 9.77. The van der Waals surface area contributed by atoms with Crippen molar-refractivity contribution in [2.75, 3.05) is 6.54 Å². The number of aliphatic hydroxyl groups is 1. The smallest absolute Gasteiger partial charge is 0.416 e. The number of carbonyl (C=O) groups is 2. The number of rotatable bonds is 5. The van der Waals surface area contributed by atoms with E-state index in [9.17, 15) is 27.9 Å². The molecule has 8 heteroatoms. The van der Waals surface area contributed by atoms with Gasteiger partial charge in [-0.15, -0.1) is 0 Å². The predicted molar refractivity (Wildman–Crippen MR) is 82.9 cm³/mol. The molecular weight excluding hydrogens is 339 g/mol. The number of carboxylic acid groups (broad SMARTS) is 1. The molecule has 1 saturated carbocycles. The fourth-order valence-corrected chi connectivity index (χ4v) is 3.12. The van der Waals surface area contributed by atoms with Crippen molar-refractivity contribution in [1.29, 1.82) is 0 Å². The summed E-state index contributed by atoms with van der Waals surface area (Å²) in [5, 5.41) is 21.0. The number of alkyl halides is 3. The fraction of sp³-hybridized carbons (Fsp3) is 0.529. The zero-order valence-corrected chi connectivity index (χ0v) is 13.7. The summed E-state index contributed by atoms with van der Waals surface area (Å²) in [6.45, 7) is 0.517. The third-order valence-corrected chi connectivity index (χ3v) is 4.69. The molecule has 25 heavy (non-hydrogen) atoms. The van der Waals surface area contributed by atoms with Gasteiger partial charge in [-0.05, 0) is 31.4 Å². The van der Waals surface area contributed by atoms with Gasteiger partial charge in [-0.25, -0.2) is 4.79 Å². The van der Waals surface area contributed by atoms with Gasteiger partial charge >= 0.3 is 12.1 Å². The summed E-state index contributed by atoms with van der Waals surface area (Å²) in [6, 6.07) is 4.66. The van der Waals surface area contributed by atoms with Crippen LogP contribution in [0.2, 0.25) is 0 Å². The number of hydrogen-bond donors (Lipinski definition) is 3. The Labute approximate surface area is 142 Å². The van der Waals surface area contributed by atoms with Crippen molar-refractivity contribution in [3.63, 3.8) is 0 Å². The maximum atomic E-state index is 13.0. The van der Waals surface area contributed by atoms with E-state index in [-0.39, 0.29) is 5.56 Å². The first-order chi connectivity index (χ1) is 11.5. The molecule has 0 saturated heterocycles. The van der Waals surface area contributed by atoms with Crippen molar-refractivity contribution in [3.8, 4) is 0 Å². The summed E-state index contributed by atoms with van der Waals surface area (Å²) >= 11 is 0. The molecule has 1 aliphatic carbocycles. The summed E-state index contributed by atoms with van der Waals surface area (Å²) in [7, 11) is 0. The van der Waals surface area contributed by atoms with Crippen LogP contribution >= 0.6 is 0 Å². The van der Waals surface area contributed by atoms with Crippen LogP contribution in [-0.4, -0.2) is 34.2 Å². The van der Waals surface area contributed by atoms with Gasteiger partial charge in [0.15, 0.2) is 5.60 Å². The first-order valence-electron chi connectivity index (χ1n) is 7.91. The molecule has 3 N–H and O–H groups in total. The number of hydrogen-bond acceptors (Lipinski definition) is 3. The van der Waals surface area contributed by atoms with E-state index in [1.807, 2.05) is 0 Å². The number of carboxylic acids is 1. The molecule has 1 atom stereocenters. The lowest BCUT2D eigenvalue weighted by Gasteiger charge is -2.30. The maximum absolute atomic E-state index is 13.0. The second-order valence-electron chi connectivity index (χ2n) is 6.63. The molecule has 0 radical (unpaired) electrons. The van der Waals surface area contributed by atoms with E-state index in [1.165, 1.54) is 12.1 Å². The highest BCUT2D eigenvalue weighted by Crippen LogP contribution is 2.43. The van der Waals surface area contributed by atoms with Gasteiger partial charge in [-0.3, -0.25) is 4.79 Å². The van der Waals surface area contributed by atoms with Crippen molar-refractivity contribution in [2.24, 2.45) is 0 Å². The SMILES string of the molecule is CC(O)(CNC(=O)C1(c2cccc(C(F)(F)F)c2)CCCC1)C(=O)O. The minimum atomic E-state index is -4.51. The number of carbonyl (C=O) groups excluding carboxylic acids is 1. The van der Waals surface area contributed by atoms with Crippen LogP contribution < -0.4 is 5.32 Å². The Morgan fingerprint density at radius 3 is 2.36 bits per heavy atom. The maximum Gasteiger partial charge on any atom is 0.416 e. The van der Waals surface area contributed by atoms with Crippen LogP contribution in [0.4, 0.5) is 13.2 Å². The molecule has 1 aliphatic rings. The van der Waals surface area contributed by atoms with E-state index in [1.54, 1.807) is 0 Å². The van der Waals surface area contributed by atoms with Crippen LogP contribution in [0.25, 0.3) is 0 Å². The van der Waals surface area contributed by atoms with Crippen molar-refractivity contribution in [3.05, 3.63) is 35.4 Å². The summed E-state index contributed by atoms with van der Waals surface area (Å²) in [4.78, 5) is 23.6. The van der Waals surface area contributed by atoms with Gasteiger partial charge in [-0.1, -0.05) is 31.0 Å². The van der Waals surface area contributed by atoms with Crippen LogP contribution in [0.3, 0.4) is 0 Å². The number of nitrogens with one attached hydrogen (secondary N) is 1. The number of benzene rings is 1. The molecule has 0 heterocycles. The van der Waals surface area contributed by atoms with E-state index in [2.05, 4.69) is 5.32 Å². The summed E-state index contributed by atoms with van der Waals surface area (Å²) < 4.78 is 38.9. The molecule has 1 aromatic rings. The molecule has 0 bridgehead atoms. The molecule has 5 nitrogen and oxygen atoms in total. The zero-order valence-electron chi connectivity index (χ0n) is 13.7. The predicted octanol–water partition coefficient (Wildman–Crippen LogP) is 2.47. The monoisotopic (exact) mass is 359 g/mol. The van der Waals surface area contributed by atoms with E-state index >= 15 is 0 Å². The van der Waals surface area contributed by atoms with Gasteiger partial charge in [0.2, 0.25) is 5.91 Å². The van der Waals surface area contributed by atoms with E-state index in [0.29, 0.717) is 25.7 Å². The number of amides is 1. The first kappa shape index (κ1) is 19.2. The van der Waals surface area contributed by atoms with Crippen LogP contribution in [-0.2, 0) is 21.2 Å². The summed E-state index contributed by atoms with van der Waals surface area (Å²) in [6.07, 6.45) is -2.41. The minimum Gasteiger partial charge on any atom is -0.479 e. The zero-order chi connectivity index (χ0) is 18.9. The highest BCUT2D eigenvalue weighted by molar-refractivity contribution is 5.89. The van der Waals surface area contributed by atoms with Gasteiger partial charge in [0.05, 0.1) is 17.5 Å². The molecule has 1 aromatic carbocycles. The van der Waals surface area contributed by atoms with Gasteiger partial charge in [-0.2, -0.15) is 13.2 Å². The second kappa shape index (κ2) is 6.67. The molecular formula is C17H20F3NO4. The van der Waals surface area contributed by atoms with Gasteiger partial charge < -0.3 is 15.5 Å². The van der Waals surface area contributed by atoms with Crippen molar-refractivity contribution < 1.29 is 33.0 Å². The molecule has 1 fully saturated rings. The summed E-state index contributed by atoms with van der Waals surface area (Å²) in [5.74, 6) is -2.06. The lowest BCUT2D eigenvalue weighted by Crippen LogP contribution is -2.51. The first-order valence-corrected chi connectivity index (χ1v) is 7.91. The van der Waals surface area contributed by atoms with Crippen molar-refractivity contribution >= 4 is 11.9 Å². The van der Waals surface area contributed by atoms with E-state index < -0.39 is 41.2 Å². The minimum absolute atomic E-state index is 0.257. The van der Waals surface area contributed by atoms with Crippen molar-refractivity contribution in [1.82, 2.24) is 5.32 Å². The Kier molecular flexibility index (Phi) is 5.13. The van der Waals surface area contributed by atoms with Crippen LogP contribution in [0.15, 0.2) is 24.3 Å². The molecule has 1 unspecified atom stereocenters. The Morgan fingerprint density at radius 2 is 1.84 bits per heavy atom. The molecule has 138 valence electrons. The molecule has 1 amide bonds. The van der Waals surface area contributed by atoms with E-state index in [0.717, 1.165) is 19.1 Å². The topological polar surface area (TPSA) is 86.6 Å². The second-order valence-corrected chi connectivity index (χ2v) is 6.63. The Bertz CT molecular complexity index is 664. The Morgan fingerprint density at radius 1 is 1.24 bits per heavy atom. The normalized spacial score (nSPS) is 19.2. The molecule has 0 aromatic heterocycles.